The maximum Gasteiger partial charge on any atom is 0.272 e. The normalized spacial score (nSPS) is 12.2. The zero-order chi connectivity index (χ0) is 13.8. The lowest BCUT2D eigenvalue weighted by molar-refractivity contribution is 0.0713. The summed E-state index contributed by atoms with van der Waals surface area (Å²) in [5, 5.41) is 0. The van der Waals surface area contributed by atoms with E-state index < -0.39 is 0 Å². The third-order valence-corrected chi connectivity index (χ3v) is 3.24. The van der Waals surface area contributed by atoms with Gasteiger partial charge in [-0.25, -0.2) is 4.98 Å². The van der Waals surface area contributed by atoms with Crippen LogP contribution in [-0.2, 0) is 7.05 Å². The average molecular weight is 258 g/mol. The third kappa shape index (κ3) is 2.65. The van der Waals surface area contributed by atoms with E-state index in [2.05, 4.69) is 9.97 Å². The van der Waals surface area contributed by atoms with E-state index in [4.69, 9.17) is 0 Å². The highest BCUT2D eigenvalue weighted by molar-refractivity contribution is 5.92. The van der Waals surface area contributed by atoms with Crippen molar-refractivity contribution in [2.45, 2.75) is 19.4 Å². The second kappa shape index (κ2) is 5.65. The quantitative estimate of drug-likeness (QED) is 0.843. The lowest BCUT2D eigenvalue weighted by Gasteiger charge is -2.26. The van der Waals surface area contributed by atoms with Crippen molar-refractivity contribution in [1.29, 1.82) is 0 Å². The molecular weight excluding hydrogens is 240 g/mol. The molecule has 0 radical (unpaired) electrons. The van der Waals surface area contributed by atoms with Crippen LogP contribution in [0.15, 0.2) is 36.9 Å². The summed E-state index contributed by atoms with van der Waals surface area (Å²) >= 11 is 0. The summed E-state index contributed by atoms with van der Waals surface area (Å²) in [4.78, 5) is 22.5. The van der Waals surface area contributed by atoms with Gasteiger partial charge in [0.25, 0.3) is 5.91 Å². The molecule has 1 unspecified atom stereocenters. The fourth-order valence-corrected chi connectivity index (χ4v) is 2.14. The number of pyridine rings is 1. The largest absolute Gasteiger partial charge is 0.332 e. The number of imidazole rings is 1. The molecule has 100 valence electrons. The molecular formula is C14H18N4O. The van der Waals surface area contributed by atoms with E-state index in [9.17, 15) is 4.79 Å². The lowest BCUT2D eigenvalue weighted by Crippen LogP contribution is -2.32. The SMILES string of the molecule is CCC(c1ccccn1)N(C)C(=O)c1cncn1C. The Bertz CT molecular complexity index is 550. The molecule has 2 aromatic rings. The maximum atomic E-state index is 12.4. The topological polar surface area (TPSA) is 51.0 Å². The summed E-state index contributed by atoms with van der Waals surface area (Å²) in [6.45, 7) is 2.05. The minimum absolute atomic E-state index is 0.0244. The molecule has 0 aliphatic carbocycles. The molecule has 2 rings (SSSR count). The van der Waals surface area contributed by atoms with E-state index in [0.717, 1.165) is 12.1 Å². The zero-order valence-electron chi connectivity index (χ0n) is 11.4. The minimum atomic E-state index is -0.0440. The van der Waals surface area contributed by atoms with Gasteiger partial charge in [-0.15, -0.1) is 0 Å². The second-order valence-corrected chi connectivity index (χ2v) is 4.48. The van der Waals surface area contributed by atoms with Crippen LogP contribution < -0.4 is 0 Å². The van der Waals surface area contributed by atoms with Crippen LogP contribution in [-0.4, -0.2) is 32.4 Å². The molecule has 2 aromatic heterocycles. The molecule has 2 heterocycles. The predicted octanol–water partition coefficient (Wildman–Crippen LogP) is 2.04. The molecule has 0 N–H and O–H groups in total. The van der Waals surface area contributed by atoms with Crippen LogP contribution in [0.2, 0.25) is 0 Å². The standard InChI is InChI=1S/C14H18N4O/c1-4-12(11-7-5-6-8-16-11)18(3)14(19)13-9-15-10-17(13)2/h5-10,12H,4H2,1-3H3. The number of amides is 1. The summed E-state index contributed by atoms with van der Waals surface area (Å²) in [5.74, 6) is -0.0440. The number of aromatic nitrogens is 3. The fourth-order valence-electron chi connectivity index (χ4n) is 2.14. The monoisotopic (exact) mass is 258 g/mol. The van der Waals surface area contributed by atoms with Gasteiger partial charge in [0, 0.05) is 20.3 Å². The van der Waals surface area contributed by atoms with Crippen LogP contribution >= 0.6 is 0 Å². The van der Waals surface area contributed by atoms with Gasteiger partial charge in [0.15, 0.2) is 0 Å². The van der Waals surface area contributed by atoms with E-state index in [-0.39, 0.29) is 11.9 Å². The van der Waals surface area contributed by atoms with Crippen molar-refractivity contribution in [2.24, 2.45) is 7.05 Å². The van der Waals surface area contributed by atoms with E-state index in [0.29, 0.717) is 5.69 Å². The van der Waals surface area contributed by atoms with Gasteiger partial charge in [-0.3, -0.25) is 9.78 Å². The number of carbonyl (C=O) groups excluding carboxylic acids is 1. The summed E-state index contributed by atoms with van der Waals surface area (Å²) in [7, 11) is 3.62. The van der Waals surface area contributed by atoms with Crippen LogP contribution in [0.4, 0.5) is 0 Å². The van der Waals surface area contributed by atoms with Gasteiger partial charge in [-0.05, 0) is 18.6 Å². The summed E-state index contributed by atoms with van der Waals surface area (Å²) in [6.07, 6.45) is 5.78. The van der Waals surface area contributed by atoms with Crippen molar-refractivity contribution in [3.63, 3.8) is 0 Å². The molecule has 0 saturated carbocycles. The minimum Gasteiger partial charge on any atom is -0.332 e. The number of aryl methyl sites for hydroxylation is 1. The van der Waals surface area contributed by atoms with Crippen LogP contribution in [0, 0.1) is 0 Å². The molecule has 1 amide bonds. The number of hydrogen-bond acceptors (Lipinski definition) is 3. The molecule has 0 aliphatic rings. The Morgan fingerprint density at radius 2 is 2.26 bits per heavy atom. The first-order chi connectivity index (χ1) is 9.15. The van der Waals surface area contributed by atoms with Gasteiger partial charge in [0.1, 0.15) is 5.69 Å². The molecule has 5 heteroatoms. The fraction of sp³-hybridized carbons (Fsp3) is 0.357. The highest BCUT2D eigenvalue weighted by atomic mass is 16.2. The van der Waals surface area contributed by atoms with Crippen molar-refractivity contribution in [2.75, 3.05) is 7.05 Å². The molecule has 0 saturated heterocycles. The lowest BCUT2D eigenvalue weighted by atomic mass is 10.1. The van der Waals surface area contributed by atoms with Gasteiger partial charge >= 0.3 is 0 Å². The second-order valence-electron chi connectivity index (χ2n) is 4.48. The Labute approximate surface area is 112 Å². The summed E-state index contributed by atoms with van der Waals surface area (Å²) in [6, 6.07) is 5.73. The molecule has 0 bridgehead atoms. The van der Waals surface area contributed by atoms with E-state index in [1.54, 1.807) is 35.2 Å². The first kappa shape index (κ1) is 13.3. The average Bonchev–Trinajstić information content (AvgIpc) is 2.86. The Morgan fingerprint density at radius 3 is 2.79 bits per heavy atom. The molecule has 1 atom stereocenters. The predicted molar refractivity (Wildman–Crippen MR) is 72.6 cm³/mol. The summed E-state index contributed by atoms with van der Waals surface area (Å²) < 4.78 is 1.73. The van der Waals surface area contributed by atoms with Gasteiger partial charge in [0.2, 0.25) is 0 Å². The van der Waals surface area contributed by atoms with Crippen molar-refractivity contribution in [3.8, 4) is 0 Å². The number of hydrogen-bond donors (Lipinski definition) is 0. The van der Waals surface area contributed by atoms with Crippen LogP contribution in [0.5, 0.6) is 0 Å². The van der Waals surface area contributed by atoms with E-state index in [1.165, 1.54) is 0 Å². The third-order valence-electron chi connectivity index (χ3n) is 3.24. The van der Waals surface area contributed by atoms with Gasteiger partial charge in [-0.1, -0.05) is 13.0 Å². The maximum absolute atomic E-state index is 12.4. The van der Waals surface area contributed by atoms with Gasteiger partial charge < -0.3 is 9.47 Å². The molecule has 19 heavy (non-hydrogen) atoms. The molecule has 0 aromatic carbocycles. The Kier molecular flexibility index (Phi) is 3.94. The van der Waals surface area contributed by atoms with Crippen molar-refractivity contribution < 1.29 is 4.79 Å². The van der Waals surface area contributed by atoms with Crippen LogP contribution in [0.1, 0.15) is 35.6 Å². The zero-order valence-corrected chi connectivity index (χ0v) is 11.4. The Morgan fingerprint density at radius 1 is 1.47 bits per heavy atom. The van der Waals surface area contributed by atoms with Gasteiger partial charge in [0.05, 0.1) is 24.3 Å². The number of carbonyl (C=O) groups is 1. The summed E-state index contributed by atoms with van der Waals surface area (Å²) in [5.41, 5.74) is 1.49. The first-order valence-electron chi connectivity index (χ1n) is 6.29. The van der Waals surface area contributed by atoms with Crippen molar-refractivity contribution >= 4 is 5.91 Å². The Balaban J connectivity index is 2.25. The van der Waals surface area contributed by atoms with E-state index in [1.807, 2.05) is 32.2 Å². The van der Waals surface area contributed by atoms with E-state index >= 15 is 0 Å². The molecule has 5 nitrogen and oxygen atoms in total. The van der Waals surface area contributed by atoms with Crippen LogP contribution in [0.25, 0.3) is 0 Å². The number of nitrogens with zero attached hydrogens (tertiary/aromatic N) is 4. The molecule has 0 spiro atoms. The van der Waals surface area contributed by atoms with Crippen LogP contribution in [0.3, 0.4) is 0 Å². The van der Waals surface area contributed by atoms with Crippen molar-refractivity contribution in [3.05, 3.63) is 48.3 Å². The first-order valence-corrected chi connectivity index (χ1v) is 6.29. The molecule has 0 aliphatic heterocycles. The number of rotatable bonds is 4. The van der Waals surface area contributed by atoms with Crippen molar-refractivity contribution in [1.82, 2.24) is 19.4 Å². The smallest absolute Gasteiger partial charge is 0.272 e. The van der Waals surface area contributed by atoms with Gasteiger partial charge in [-0.2, -0.15) is 0 Å². The Hall–Kier alpha value is -2.17. The highest BCUT2D eigenvalue weighted by Crippen LogP contribution is 2.22. The highest BCUT2D eigenvalue weighted by Gasteiger charge is 2.23. The molecule has 0 fully saturated rings.